The molecular weight excluding hydrogens is 510 g/mol. The van der Waals surface area contributed by atoms with Gasteiger partial charge in [-0.15, -0.1) is 0 Å². The third-order valence-electron chi connectivity index (χ3n) is 9.14. The largest absolute Gasteiger partial charge is 0.387 e. The zero-order valence-electron chi connectivity index (χ0n) is 22.3. The summed E-state index contributed by atoms with van der Waals surface area (Å²) in [5.74, 6) is 1.86. The number of nitriles is 1. The lowest BCUT2D eigenvalue weighted by Gasteiger charge is -2.42. The first-order valence-electron chi connectivity index (χ1n) is 13.9. The minimum Gasteiger partial charge on any atom is -0.387 e. The van der Waals surface area contributed by atoms with Crippen molar-refractivity contribution in [2.45, 2.75) is 74.5 Å². The second-order valence-corrected chi connectivity index (χ2v) is 11.7. The smallest absolute Gasteiger partial charge is 0.167 e. The molecule has 4 atom stereocenters. The van der Waals surface area contributed by atoms with E-state index in [1.165, 1.54) is 12.7 Å². The summed E-state index contributed by atoms with van der Waals surface area (Å²) in [5, 5.41) is 31.0. The van der Waals surface area contributed by atoms with Crippen molar-refractivity contribution in [3.63, 3.8) is 0 Å². The monoisotopic (exact) mass is 543 g/mol. The number of fused-ring (bicyclic) bond motifs is 2. The fourth-order valence-electron chi connectivity index (χ4n) is 6.30. The van der Waals surface area contributed by atoms with Crippen molar-refractivity contribution in [2.24, 2.45) is 5.92 Å². The second kappa shape index (κ2) is 9.49. The van der Waals surface area contributed by atoms with Gasteiger partial charge in [0.2, 0.25) is 0 Å². The molecule has 0 unspecified atom stereocenters. The molecule has 1 aromatic carbocycles. The van der Waals surface area contributed by atoms with Crippen molar-refractivity contribution in [1.29, 1.82) is 5.26 Å². The molecule has 4 heterocycles. The molecule has 12 nitrogen and oxygen atoms in total. The number of rotatable bonds is 8. The molecule has 0 bridgehead atoms. The number of aliphatic hydroxyl groups is 2. The zero-order chi connectivity index (χ0) is 27.6. The van der Waals surface area contributed by atoms with Gasteiger partial charge >= 0.3 is 0 Å². The van der Waals surface area contributed by atoms with Gasteiger partial charge in [0.15, 0.2) is 17.7 Å². The van der Waals surface area contributed by atoms with Crippen LogP contribution in [0.3, 0.4) is 0 Å². The van der Waals surface area contributed by atoms with E-state index in [2.05, 4.69) is 37.0 Å². The van der Waals surface area contributed by atoms with Gasteiger partial charge in [-0.25, -0.2) is 19.9 Å². The maximum atomic E-state index is 10.8. The minimum atomic E-state index is -1.12. The maximum absolute atomic E-state index is 10.8. The summed E-state index contributed by atoms with van der Waals surface area (Å²) in [6, 6.07) is 9.03. The molecule has 5 N–H and O–H groups in total. The maximum Gasteiger partial charge on any atom is 0.167 e. The Morgan fingerprint density at radius 2 is 2.05 bits per heavy atom. The summed E-state index contributed by atoms with van der Waals surface area (Å²) in [6.45, 7) is 0.506. The molecule has 0 spiro atoms. The Kier molecular flexibility index (Phi) is 6.01. The van der Waals surface area contributed by atoms with Gasteiger partial charge in [-0.05, 0) is 62.8 Å². The first-order chi connectivity index (χ1) is 19.3. The molecule has 0 amide bonds. The number of benzene rings is 1. The van der Waals surface area contributed by atoms with Crippen LogP contribution in [0.5, 0.6) is 0 Å². The molecule has 4 aromatic rings. The number of aliphatic hydroxyl groups excluding tert-OH is 2. The number of hydrogen-bond acceptors (Lipinski definition) is 10. The molecular formula is C28H33N9O3. The van der Waals surface area contributed by atoms with E-state index in [0.717, 1.165) is 60.9 Å². The number of ether oxygens (including phenoxy) is 1. The molecule has 3 aromatic heterocycles. The van der Waals surface area contributed by atoms with Crippen molar-refractivity contribution in [1.82, 2.24) is 34.4 Å². The summed E-state index contributed by atoms with van der Waals surface area (Å²) in [4.78, 5) is 22.9. The molecule has 1 saturated heterocycles. The van der Waals surface area contributed by atoms with Crippen LogP contribution in [-0.4, -0.2) is 82.5 Å². The van der Waals surface area contributed by atoms with Crippen LogP contribution in [0.15, 0.2) is 30.9 Å². The average molecular weight is 544 g/mol. The lowest BCUT2D eigenvalue weighted by molar-refractivity contribution is -0.0514. The van der Waals surface area contributed by atoms with Crippen LogP contribution in [0, 0.1) is 17.2 Å². The molecule has 7 rings (SSSR count). The fraction of sp³-hybridized carbons (Fsp3) is 0.536. The van der Waals surface area contributed by atoms with Crippen LogP contribution in [0.25, 0.3) is 22.2 Å². The Morgan fingerprint density at radius 1 is 1.23 bits per heavy atom. The van der Waals surface area contributed by atoms with Crippen molar-refractivity contribution in [2.75, 3.05) is 19.3 Å². The number of aromatic nitrogens is 6. The van der Waals surface area contributed by atoms with Gasteiger partial charge in [-0.2, -0.15) is 5.26 Å². The number of nitrogens with one attached hydrogen (secondary N) is 1. The third-order valence-corrected chi connectivity index (χ3v) is 9.14. The lowest BCUT2D eigenvalue weighted by Crippen LogP contribution is -2.47. The predicted octanol–water partition coefficient (Wildman–Crippen LogP) is 1.80. The van der Waals surface area contributed by atoms with Crippen molar-refractivity contribution in [3.8, 4) is 6.07 Å². The van der Waals surface area contributed by atoms with Crippen LogP contribution >= 0.6 is 0 Å². The molecule has 3 fully saturated rings. The van der Waals surface area contributed by atoms with E-state index in [0.29, 0.717) is 29.7 Å². The molecule has 2 saturated carbocycles. The number of imidazole rings is 2. The Bertz CT molecular complexity index is 1600. The molecule has 12 heteroatoms. The van der Waals surface area contributed by atoms with Crippen molar-refractivity contribution >= 4 is 28.0 Å². The van der Waals surface area contributed by atoms with Crippen LogP contribution in [-0.2, 0) is 16.6 Å². The van der Waals surface area contributed by atoms with Crippen LogP contribution < -0.4 is 5.73 Å². The van der Waals surface area contributed by atoms with Crippen molar-refractivity contribution in [3.05, 3.63) is 42.2 Å². The summed E-state index contributed by atoms with van der Waals surface area (Å²) in [6.07, 6.45) is 5.32. The SMILES string of the molecule is CN(C[C@H]1O[C@@H](n2cnc3c(N)ncnc32)[C@H](O)[C@H]1O)C1CC(CCc2nc3ccc(C4(C#N)CC4)cc3[nH]2)C1. The zero-order valence-corrected chi connectivity index (χ0v) is 22.3. The Labute approximate surface area is 230 Å². The number of aryl methyl sites for hydroxylation is 1. The van der Waals surface area contributed by atoms with Gasteiger partial charge in [-0.3, -0.25) is 4.57 Å². The van der Waals surface area contributed by atoms with Gasteiger partial charge in [0, 0.05) is 19.0 Å². The van der Waals surface area contributed by atoms with Gasteiger partial charge < -0.3 is 30.6 Å². The molecule has 0 radical (unpaired) electrons. The average Bonchev–Trinajstić information content (AvgIpc) is 3.30. The van der Waals surface area contributed by atoms with Gasteiger partial charge in [-0.1, -0.05) is 6.07 Å². The summed E-state index contributed by atoms with van der Waals surface area (Å²) in [5.41, 5.74) is 9.55. The number of nitrogens with two attached hydrogens (primary N) is 1. The molecule has 1 aliphatic heterocycles. The topological polar surface area (TPSA) is 175 Å². The second-order valence-electron chi connectivity index (χ2n) is 11.7. The fourth-order valence-corrected chi connectivity index (χ4v) is 6.30. The molecule has 208 valence electrons. The molecule has 40 heavy (non-hydrogen) atoms. The number of aromatic amines is 1. The van der Waals surface area contributed by atoms with E-state index in [1.807, 2.05) is 19.2 Å². The highest BCUT2D eigenvalue weighted by molar-refractivity contribution is 5.81. The normalized spacial score (nSPS) is 29.2. The highest BCUT2D eigenvalue weighted by atomic mass is 16.6. The summed E-state index contributed by atoms with van der Waals surface area (Å²) < 4.78 is 7.72. The quantitative estimate of drug-likeness (QED) is 0.256. The Morgan fingerprint density at radius 3 is 2.83 bits per heavy atom. The van der Waals surface area contributed by atoms with Gasteiger partial charge in [0.25, 0.3) is 0 Å². The number of H-pyrrole nitrogens is 1. The Hall–Kier alpha value is -3.63. The first-order valence-corrected chi connectivity index (χ1v) is 13.9. The standard InChI is InChI=1S/C28H33N9O3/c1-36(11-20-23(38)24(39)27(40-20)37-14-33-22-25(30)31-13-32-26(22)37)17-8-15(9-17)2-5-21-34-18-4-3-16(10-19(18)35-21)28(12-29)6-7-28/h3-4,10,13-15,17,20,23-24,27,38-39H,2,5-9,11H2,1H3,(H,34,35)(H2,30,31,32)/t15?,17?,20-,23+,24-,27-/m1/s1. The summed E-state index contributed by atoms with van der Waals surface area (Å²) >= 11 is 0. The van der Waals surface area contributed by atoms with Crippen LogP contribution in [0.4, 0.5) is 5.82 Å². The lowest BCUT2D eigenvalue weighted by atomic mass is 9.76. The number of nitrogens with zero attached hydrogens (tertiary/aromatic N) is 7. The minimum absolute atomic E-state index is 0.254. The van der Waals surface area contributed by atoms with E-state index < -0.39 is 24.5 Å². The highest BCUT2D eigenvalue weighted by Gasteiger charge is 2.46. The van der Waals surface area contributed by atoms with Gasteiger partial charge in [0.05, 0.1) is 28.8 Å². The number of anilines is 1. The van der Waals surface area contributed by atoms with E-state index in [9.17, 15) is 15.5 Å². The van der Waals surface area contributed by atoms with Crippen LogP contribution in [0.2, 0.25) is 0 Å². The van der Waals surface area contributed by atoms with E-state index in [1.54, 1.807) is 4.57 Å². The van der Waals surface area contributed by atoms with E-state index in [4.69, 9.17) is 15.5 Å². The van der Waals surface area contributed by atoms with E-state index in [-0.39, 0.29) is 11.2 Å². The predicted molar refractivity (Wildman–Crippen MR) is 146 cm³/mol. The van der Waals surface area contributed by atoms with Crippen molar-refractivity contribution < 1.29 is 14.9 Å². The number of nitrogen functional groups attached to an aromatic ring is 1. The van der Waals surface area contributed by atoms with Crippen LogP contribution in [0.1, 0.15) is 49.7 Å². The number of likely N-dealkylation sites (N-methyl/N-ethyl adjacent to an activating group) is 1. The van der Waals surface area contributed by atoms with E-state index >= 15 is 0 Å². The molecule has 2 aliphatic carbocycles. The third kappa shape index (κ3) is 4.21. The molecule has 3 aliphatic rings. The number of hydrogen-bond donors (Lipinski definition) is 4. The van der Waals surface area contributed by atoms with Gasteiger partial charge in [0.1, 0.15) is 36.0 Å². The highest BCUT2D eigenvalue weighted by Crippen LogP contribution is 2.48. The summed E-state index contributed by atoms with van der Waals surface area (Å²) in [7, 11) is 2.04. The first kappa shape index (κ1) is 25.3. The Balaban J connectivity index is 0.920.